The van der Waals surface area contributed by atoms with E-state index in [9.17, 15) is 0 Å². The molecule has 2 rings (SSSR count). The van der Waals surface area contributed by atoms with Crippen molar-refractivity contribution in [3.8, 4) is 0 Å². The van der Waals surface area contributed by atoms with E-state index in [1.807, 2.05) is 0 Å². The molecular weight excluding hydrogens is 144 g/mol. The molecule has 12 heavy (non-hydrogen) atoms. The number of hydrogen-bond acceptors (Lipinski definition) is 0. The van der Waals surface area contributed by atoms with Crippen LogP contribution in [0.15, 0.2) is 11.6 Å². The first-order chi connectivity index (χ1) is 5.72. The molecule has 0 spiro atoms. The van der Waals surface area contributed by atoms with Gasteiger partial charge < -0.3 is 0 Å². The topological polar surface area (TPSA) is 0 Å². The van der Waals surface area contributed by atoms with E-state index in [-0.39, 0.29) is 0 Å². The van der Waals surface area contributed by atoms with Crippen molar-refractivity contribution in [3.63, 3.8) is 0 Å². The Labute approximate surface area is 76.1 Å². The third-order valence-electron chi connectivity index (χ3n) is 3.89. The van der Waals surface area contributed by atoms with Crippen LogP contribution in [0.4, 0.5) is 0 Å². The third kappa shape index (κ3) is 1.22. The molecule has 0 aromatic rings. The highest BCUT2D eigenvalue weighted by atomic mass is 14.4. The van der Waals surface area contributed by atoms with E-state index in [0.29, 0.717) is 5.41 Å². The van der Waals surface area contributed by atoms with Crippen LogP contribution >= 0.6 is 0 Å². The van der Waals surface area contributed by atoms with Gasteiger partial charge in [-0.05, 0) is 43.4 Å². The quantitative estimate of drug-likeness (QED) is 0.476. The van der Waals surface area contributed by atoms with E-state index < -0.39 is 0 Å². The van der Waals surface area contributed by atoms with Gasteiger partial charge in [0.15, 0.2) is 0 Å². The van der Waals surface area contributed by atoms with Gasteiger partial charge in [-0.1, -0.05) is 31.9 Å². The fraction of sp³-hybridized carbons (Fsp3) is 0.833. The molecule has 0 unspecified atom stereocenters. The lowest BCUT2D eigenvalue weighted by Crippen LogP contribution is -2.29. The molecule has 0 aliphatic heterocycles. The van der Waals surface area contributed by atoms with E-state index in [1.165, 1.54) is 38.5 Å². The zero-order valence-electron chi connectivity index (χ0n) is 8.40. The second-order valence-corrected chi connectivity index (χ2v) is 4.91. The summed E-state index contributed by atoms with van der Waals surface area (Å²) < 4.78 is 0. The molecule has 2 atom stereocenters. The molecule has 0 saturated heterocycles. The molecule has 68 valence electrons. The Hall–Kier alpha value is -0.260. The first-order valence-electron chi connectivity index (χ1n) is 5.43. The highest BCUT2D eigenvalue weighted by Crippen LogP contribution is 2.49. The van der Waals surface area contributed by atoms with Crippen molar-refractivity contribution in [3.05, 3.63) is 11.6 Å². The number of hydrogen-bond donors (Lipinski definition) is 0. The summed E-state index contributed by atoms with van der Waals surface area (Å²) in [4.78, 5) is 0. The predicted molar refractivity (Wildman–Crippen MR) is 53.1 cm³/mol. The highest BCUT2D eigenvalue weighted by Gasteiger charge is 2.35. The summed E-state index contributed by atoms with van der Waals surface area (Å²) in [7, 11) is 0. The molecule has 0 heteroatoms. The summed E-state index contributed by atoms with van der Waals surface area (Å²) in [6, 6.07) is 0. The molecule has 0 N–H and O–H groups in total. The first kappa shape index (κ1) is 8.34. The monoisotopic (exact) mass is 164 g/mol. The van der Waals surface area contributed by atoms with Gasteiger partial charge in [-0.3, -0.25) is 0 Å². The average molecular weight is 164 g/mol. The fourth-order valence-corrected chi connectivity index (χ4v) is 3.16. The first-order valence-corrected chi connectivity index (χ1v) is 5.43. The van der Waals surface area contributed by atoms with Gasteiger partial charge in [-0.2, -0.15) is 0 Å². The van der Waals surface area contributed by atoms with Gasteiger partial charge in [0.2, 0.25) is 0 Å². The van der Waals surface area contributed by atoms with Crippen molar-refractivity contribution < 1.29 is 0 Å². The molecule has 2 aliphatic carbocycles. The Bertz CT molecular complexity index is 202. The maximum absolute atomic E-state index is 2.54. The normalized spacial score (nSPS) is 41.8. The molecule has 2 aliphatic rings. The molecule has 0 aromatic carbocycles. The van der Waals surface area contributed by atoms with Crippen LogP contribution in [0.1, 0.15) is 52.4 Å². The summed E-state index contributed by atoms with van der Waals surface area (Å²) in [5.41, 5.74) is 2.40. The van der Waals surface area contributed by atoms with Crippen molar-refractivity contribution in [1.29, 1.82) is 0 Å². The second-order valence-electron chi connectivity index (χ2n) is 4.91. The standard InChI is InChI=1S/C12H20/c1-10-6-5-9-12(2)8-4-3-7-11(10)12/h7,10H,3-6,8-9H2,1-2H3/t10-,12+/m1/s1. The number of fused-ring (bicyclic) bond motifs is 1. The Morgan fingerprint density at radius 2 is 2.08 bits per heavy atom. The van der Waals surface area contributed by atoms with E-state index in [2.05, 4.69) is 19.9 Å². The van der Waals surface area contributed by atoms with Crippen molar-refractivity contribution in [2.24, 2.45) is 11.3 Å². The van der Waals surface area contributed by atoms with Crippen LogP contribution in [0, 0.1) is 11.3 Å². The van der Waals surface area contributed by atoms with Gasteiger partial charge in [-0.15, -0.1) is 0 Å². The Morgan fingerprint density at radius 1 is 1.33 bits per heavy atom. The molecule has 0 amide bonds. The predicted octanol–water partition coefficient (Wildman–Crippen LogP) is 3.92. The summed E-state index contributed by atoms with van der Waals surface area (Å²) in [5, 5.41) is 0. The van der Waals surface area contributed by atoms with Gasteiger partial charge in [0.1, 0.15) is 0 Å². The fourth-order valence-electron chi connectivity index (χ4n) is 3.16. The summed E-state index contributed by atoms with van der Waals surface area (Å²) in [6.07, 6.45) is 11.1. The minimum atomic E-state index is 0.607. The minimum Gasteiger partial charge on any atom is -0.0845 e. The van der Waals surface area contributed by atoms with Gasteiger partial charge in [0.25, 0.3) is 0 Å². The van der Waals surface area contributed by atoms with Crippen LogP contribution in [-0.4, -0.2) is 0 Å². The van der Waals surface area contributed by atoms with E-state index >= 15 is 0 Å². The van der Waals surface area contributed by atoms with Crippen LogP contribution in [0.5, 0.6) is 0 Å². The van der Waals surface area contributed by atoms with Gasteiger partial charge in [-0.25, -0.2) is 0 Å². The highest BCUT2D eigenvalue weighted by molar-refractivity contribution is 5.20. The van der Waals surface area contributed by atoms with Crippen LogP contribution in [0.2, 0.25) is 0 Å². The molecule has 0 aromatic heterocycles. The number of rotatable bonds is 0. The molecule has 1 saturated carbocycles. The van der Waals surface area contributed by atoms with Crippen molar-refractivity contribution in [2.75, 3.05) is 0 Å². The molecule has 1 fully saturated rings. The van der Waals surface area contributed by atoms with Crippen molar-refractivity contribution in [2.45, 2.75) is 52.4 Å². The zero-order valence-corrected chi connectivity index (χ0v) is 8.40. The van der Waals surface area contributed by atoms with Gasteiger partial charge in [0, 0.05) is 0 Å². The lowest BCUT2D eigenvalue weighted by Gasteiger charge is -2.42. The lowest BCUT2D eigenvalue weighted by molar-refractivity contribution is 0.229. The van der Waals surface area contributed by atoms with E-state index in [0.717, 1.165) is 5.92 Å². The van der Waals surface area contributed by atoms with Crippen LogP contribution < -0.4 is 0 Å². The molecule has 0 heterocycles. The van der Waals surface area contributed by atoms with Crippen LogP contribution in [-0.2, 0) is 0 Å². The lowest BCUT2D eigenvalue weighted by atomic mass is 9.63. The van der Waals surface area contributed by atoms with Gasteiger partial charge >= 0.3 is 0 Å². The maximum atomic E-state index is 2.54. The Kier molecular flexibility index (Phi) is 2.02. The summed E-state index contributed by atoms with van der Waals surface area (Å²) in [6.45, 7) is 4.89. The van der Waals surface area contributed by atoms with Crippen molar-refractivity contribution >= 4 is 0 Å². The van der Waals surface area contributed by atoms with E-state index in [4.69, 9.17) is 0 Å². The van der Waals surface area contributed by atoms with E-state index in [1.54, 1.807) is 5.57 Å². The summed E-state index contributed by atoms with van der Waals surface area (Å²) in [5.74, 6) is 0.879. The molecule has 0 radical (unpaired) electrons. The third-order valence-corrected chi connectivity index (χ3v) is 3.89. The molecule has 0 bridgehead atoms. The summed E-state index contributed by atoms with van der Waals surface area (Å²) >= 11 is 0. The van der Waals surface area contributed by atoms with Crippen LogP contribution in [0.25, 0.3) is 0 Å². The average Bonchev–Trinajstić information content (AvgIpc) is 2.04. The van der Waals surface area contributed by atoms with Gasteiger partial charge in [0.05, 0.1) is 0 Å². The second kappa shape index (κ2) is 2.90. The Morgan fingerprint density at radius 3 is 2.83 bits per heavy atom. The SMILES string of the molecule is C[C@@H]1CCC[C@]2(C)CCCC=C12. The maximum Gasteiger partial charge on any atom is -0.0114 e. The molecular formula is C12H20. The smallest absolute Gasteiger partial charge is 0.0114 e. The zero-order chi connectivity index (χ0) is 8.60. The Balaban J connectivity index is 2.27. The van der Waals surface area contributed by atoms with Crippen LogP contribution in [0.3, 0.4) is 0 Å². The minimum absolute atomic E-state index is 0.607. The number of allylic oxidation sites excluding steroid dienone is 2. The molecule has 0 nitrogen and oxygen atoms in total. The van der Waals surface area contributed by atoms with Crippen molar-refractivity contribution in [1.82, 2.24) is 0 Å². The largest absolute Gasteiger partial charge is 0.0845 e.